The van der Waals surface area contributed by atoms with E-state index >= 15 is 0 Å². The molecule has 25 heavy (non-hydrogen) atoms. The zero-order chi connectivity index (χ0) is 17.8. The molecular weight excluding hydrogens is 358 g/mol. The number of carbonyl (C=O) groups excluding carboxylic acids is 2. The first-order valence-corrected chi connectivity index (χ1v) is 9.06. The maximum Gasteiger partial charge on any atom is 0.340 e. The topological polar surface area (TPSA) is 48.3 Å². The van der Waals surface area contributed by atoms with Gasteiger partial charge in [-0.1, -0.05) is 29.8 Å². The molecule has 128 valence electrons. The lowest BCUT2D eigenvalue weighted by atomic mass is 10.2. The molecule has 0 aliphatic carbocycles. The van der Waals surface area contributed by atoms with Crippen molar-refractivity contribution in [3.63, 3.8) is 0 Å². The predicted molar refractivity (Wildman–Crippen MR) is 101 cm³/mol. The van der Waals surface area contributed by atoms with Crippen LogP contribution < -0.4 is 0 Å². The van der Waals surface area contributed by atoms with Crippen molar-refractivity contribution < 1.29 is 14.3 Å². The first-order valence-electron chi connectivity index (χ1n) is 7.70. The third-order valence-corrected chi connectivity index (χ3v) is 5.05. The maximum atomic E-state index is 12.6. The number of methoxy groups -OCH3 is 1. The number of fused-ring (bicyclic) bond motifs is 1. The summed E-state index contributed by atoms with van der Waals surface area (Å²) in [4.78, 5) is 25.6. The SMILES string of the molecule is COC(=O)c1cn(C(=O)CCSc2ccc(Cl)cc2)c2ccccc12. The summed E-state index contributed by atoms with van der Waals surface area (Å²) >= 11 is 7.46. The first kappa shape index (κ1) is 17.6. The minimum absolute atomic E-state index is 0.0622. The normalized spacial score (nSPS) is 10.8. The highest BCUT2D eigenvalue weighted by Gasteiger charge is 2.18. The zero-order valence-electron chi connectivity index (χ0n) is 13.6. The Morgan fingerprint density at radius 3 is 2.56 bits per heavy atom. The van der Waals surface area contributed by atoms with Crippen molar-refractivity contribution in [2.45, 2.75) is 11.3 Å². The highest BCUT2D eigenvalue weighted by molar-refractivity contribution is 7.99. The van der Waals surface area contributed by atoms with Crippen molar-refractivity contribution in [2.24, 2.45) is 0 Å². The monoisotopic (exact) mass is 373 g/mol. The van der Waals surface area contributed by atoms with Gasteiger partial charge in [-0.05, 0) is 30.3 Å². The molecule has 0 N–H and O–H groups in total. The van der Waals surface area contributed by atoms with Crippen molar-refractivity contribution >= 4 is 46.1 Å². The van der Waals surface area contributed by atoms with Gasteiger partial charge in [0.25, 0.3) is 0 Å². The average Bonchev–Trinajstić information content (AvgIpc) is 3.02. The summed E-state index contributed by atoms with van der Waals surface area (Å²) in [7, 11) is 1.33. The van der Waals surface area contributed by atoms with Crippen molar-refractivity contribution in [3.05, 3.63) is 65.3 Å². The van der Waals surface area contributed by atoms with Crippen LogP contribution >= 0.6 is 23.4 Å². The third kappa shape index (κ3) is 3.89. The van der Waals surface area contributed by atoms with Gasteiger partial charge in [0, 0.05) is 33.7 Å². The third-order valence-electron chi connectivity index (χ3n) is 3.78. The van der Waals surface area contributed by atoms with Crippen molar-refractivity contribution in [3.8, 4) is 0 Å². The first-order chi connectivity index (χ1) is 12.1. The molecule has 0 unspecified atom stereocenters. The Kier molecular flexibility index (Phi) is 5.46. The molecule has 0 radical (unpaired) electrons. The minimum Gasteiger partial charge on any atom is -0.465 e. The van der Waals surface area contributed by atoms with Crippen LogP contribution in [0.3, 0.4) is 0 Å². The lowest BCUT2D eigenvalue weighted by Crippen LogP contribution is -2.10. The molecule has 1 aromatic heterocycles. The van der Waals surface area contributed by atoms with Gasteiger partial charge < -0.3 is 4.74 Å². The molecule has 0 aliphatic rings. The molecule has 0 bridgehead atoms. The average molecular weight is 374 g/mol. The van der Waals surface area contributed by atoms with E-state index in [2.05, 4.69) is 0 Å². The molecule has 0 fully saturated rings. The quantitative estimate of drug-likeness (QED) is 0.471. The number of thioether (sulfide) groups is 1. The van der Waals surface area contributed by atoms with Crippen LogP contribution in [0.4, 0.5) is 0 Å². The number of benzene rings is 2. The highest BCUT2D eigenvalue weighted by atomic mass is 35.5. The van der Waals surface area contributed by atoms with Gasteiger partial charge in [-0.3, -0.25) is 9.36 Å². The summed E-state index contributed by atoms with van der Waals surface area (Å²) in [5, 5.41) is 1.41. The van der Waals surface area contributed by atoms with E-state index in [4.69, 9.17) is 16.3 Å². The number of nitrogens with zero attached hydrogens (tertiary/aromatic N) is 1. The molecule has 0 amide bonds. The highest BCUT2D eigenvalue weighted by Crippen LogP contribution is 2.24. The summed E-state index contributed by atoms with van der Waals surface area (Å²) in [5.74, 6) is 0.131. The fourth-order valence-corrected chi connectivity index (χ4v) is 3.53. The Morgan fingerprint density at radius 2 is 1.84 bits per heavy atom. The van der Waals surface area contributed by atoms with Crippen LogP contribution in [0, 0.1) is 0 Å². The van der Waals surface area contributed by atoms with E-state index in [-0.39, 0.29) is 5.91 Å². The maximum absolute atomic E-state index is 12.6. The summed E-state index contributed by atoms with van der Waals surface area (Å²) < 4.78 is 6.34. The van der Waals surface area contributed by atoms with Crippen LogP contribution in [-0.4, -0.2) is 29.3 Å². The summed E-state index contributed by atoms with van der Waals surface area (Å²) in [6, 6.07) is 14.8. The standard InChI is InChI=1S/C19H16ClNO3S/c1-24-19(23)16-12-21(17-5-3-2-4-15(16)17)18(22)10-11-25-14-8-6-13(20)7-9-14/h2-9,12H,10-11H2,1H3. The number of rotatable bonds is 5. The molecule has 2 aromatic carbocycles. The molecule has 3 aromatic rings. The molecular formula is C19H16ClNO3S. The van der Waals surface area contributed by atoms with E-state index in [0.29, 0.717) is 33.7 Å². The number of carbonyl (C=O) groups is 2. The number of aromatic nitrogens is 1. The van der Waals surface area contributed by atoms with Crippen molar-refractivity contribution in [1.82, 2.24) is 4.57 Å². The van der Waals surface area contributed by atoms with Gasteiger partial charge in [-0.25, -0.2) is 4.79 Å². The van der Waals surface area contributed by atoms with Gasteiger partial charge in [0.1, 0.15) is 0 Å². The van der Waals surface area contributed by atoms with Crippen LogP contribution in [0.5, 0.6) is 0 Å². The molecule has 0 saturated carbocycles. The summed E-state index contributed by atoms with van der Waals surface area (Å²) in [6.45, 7) is 0. The number of esters is 1. The van der Waals surface area contributed by atoms with Crippen LogP contribution in [0.15, 0.2) is 59.6 Å². The van der Waals surface area contributed by atoms with Gasteiger partial charge >= 0.3 is 5.97 Å². The number of ether oxygens (including phenoxy) is 1. The number of halogens is 1. The lowest BCUT2D eigenvalue weighted by Gasteiger charge is -2.04. The van der Waals surface area contributed by atoms with Gasteiger partial charge in [0.15, 0.2) is 0 Å². The molecule has 4 nitrogen and oxygen atoms in total. The van der Waals surface area contributed by atoms with Gasteiger partial charge in [-0.15, -0.1) is 11.8 Å². The zero-order valence-corrected chi connectivity index (χ0v) is 15.1. The molecule has 1 heterocycles. The number of para-hydroxylation sites is 1. The van der Waals surface area contributed by atoms with E-state index in [9.17, 15) is 9.59 Å². The van der Waals surface area contributed by atoms with E-state index in [1.807, 2.05) is 48.5 Å². The molecule has 0 aliphatic heterocycles. The van der Waals surface area contributed by atoms with E-state index < -0.39 is 5.97 Å². The fourth-order valence-electron chi connectivity index (χ4n) is 2.57. The molecule has 0 saturated heterocycles. The number of hydrogen-bond acceptors (Lipinski definition) is 4. The Morgan fingerprint density at radius 1 is 1.12 bits per heavy atom. The molecule has 6 heteroatoms. The second-order valence-corrected chi connectivity index (χ2v) is 6.97. The van der Waals surface area contributed by atoms with Gasteiger partial charge in [0.05, 0.1) is 18.2 Å². The second-order valence-electron chi connectivity index (χ2n) is 5.37. The van der Waals surface area contributed by atoms with Crippen molar-refractivity contribution in [2.75, 3.05) is 12.9 Å². The Balaban J connectivity index is 1.75. The van der Waals surface area contributed by atoms with Crippen LogP contribution in [0.2, 0.25) is 5.02 Å². The molecule has 0 spiro atoms. The Bertz CT molecular complexity index is 918. The largest absolute Gasteiger partial charge is 0.465 e. The van der Waals surface area contributed by atoms with E-state index in [0.717, 1.165) is 4.90 Å². The summed E-state index contributed by atoms with van der Waals surface area (Å²) in [6.07, 6.45) is 1.92. The second kappa shape index (κ2) is 7.76. The lowest BCUT2D eigenvalue weighted by molar-refractivity contribution is 0.0603. The van der Waals surface area contributed by atoms with Crippen LogP contribution in [0.25, 0.3) is 10.9 Å². The molecule has 0 atom stereocenters. The smallest absolute Gasteiger partial charge is 0.340 e. The van der Waals surface area contributed by atoms with Gasteiger partial charge in [-0.2, -0.15) is 0 Å². The summed E-state index contributed by atoms with van der Waals surface area (Å²) in [5.41, 5.74) is 1.11. The van der Waals surface area contributed by atoms with Crippen LogP contribution in [-0.2, 0) is 4.74 Å². The van der Waals surface area contributed by atoms with Crippen molar-refractivity contribution in [1.29, 1.82) is 0 Å². The Labute approximate surface area is 154 Å². The van der Waals surface area contributed by atoms with E-state index in [1.54, 1.807) is 18.0 Å². The molecule has 3 rings (SSSR count). The predicted octanol–water partition coefficient (Wildman–Crippen LogP) is 4.90. The fraction of sp³-hybridized carbons (Fsp3) is 0.158. The Hall–Kier alpha value is -2.24. The minimum atomic E-state index is -0.446. The van der Waals surface area contributed by atoms with E-state index in [1.165, 1.54) is 11.7 Å². The van der Waals surface area contributed by atoms with Crippen LogP contribution in [0.1, 0.15) is 21.6 Å². The van der Waals surface area contributed by atoms with Gasteiger partial charge in [0.2, 0.25) is 5.91 Å². The number of hydrogen-bond donors (Lipinski definition) is 0.